The number of rotatable bonds is 8. The van der Waals surface area contributed by atoms with Crippen molar-refractivity contribution in [3.8, 4) is 0 Å². The Labute approximate surface area is 151 Å². The maximum atomic E-state index is 7.59. The number of hydrogen-bond donors (Lipinski definition) is 4. The molecule has 8 heteroatoms. The third kappa shape index (κ3) is 3.97. The van der Waals surface area contributed by atoms with E-state index in [4.69, 9.17) is 11.1 Å². The smallest absolute Gasteiger partial charge is 0.169 e. The van der Waals surface area contributed by atoms with Gasteiger partial charge in [-0.25, -0.2) is 15.0 Å². The van der Waals surface area contributed by atoms with Gasteiger partial charge in [-0.3, -0.25) is 0 Å². The first-order valence-corrected chi connectivity index (χ1v) is 8.43. The summed E-state index contributed by atoms with van der Waals surface area (Å²) in [5.74, 6) is 0.819. The molecule has 0 bridgehead atoms. The highest BCUT2D eigenvalue weighted by Crippen LogP contribution is 2.17. The molecule has 0 saturated carbocycles. The molecule has 0 amide bonds. The second kappa shape index (κ2) is 8.11. The average molecular weight is 350 g/mol. The Morgan fingerprint density at radius 1 is 1.35 bits per heavy atom. The summed E-state index contributed by atoms with van der Waals surface area (Å²) in [5, 5.41) is 14.0. The Morgan fingerprint density at radius 3 is 3.04 bits per heavy atom. The second-order valence-corrected chi connectivity index (χ2v) is 5.77. The lowest BCUT2D eigenvalue weighted by Gasteiger charge is -2.10. The summed E-state index contributed by atoms with van der Waals surface area (Å²) in [6.45, 7) is 3.47. The molecule has 3 rings (SSSR count). The minimum atomic E-state index is 0.323. The van der Waals surface area contributed by atoms with Gasteiger partial charge in [-0.1, -0.05) is 13.0 Å². The van der Waals surface area contributed by atoms with Crippen LogP contribution in [0.15, 0.2) is 43.1 Å². The standard InChI is InChI=1S/C18H22N8/c1-2-5-21-10-14(8-19)15-11-23-17(20)18(25-15)24-9-13-3-4-16-22-6-7-26(16)12-13/h3-4,6-8,10-12,19,21H,2,5,9H2,1H3,(H2,20,23)(H,24,25)/b14-10+,19-8?. The van der Waals surface area contributed by atoms with Crippen LogP contribution in [0.1, 0.15) is 24.6 Å². The predicted octanol–water partition coefficient (Wildman–Crippen LogP) is 2.31. The van der Waals surface area contributed by atoms with E-state index in [1.54, 1.807) is 18.6 Å². The van der Waals surface area contributed by atoms with E-state index in [9.17, 15) is 0 Å². The van der Waals surface area contributed by atoms with Crippen molar-refractivity contribution in [2.45, 2.75) is 19.9 Å². The highest BCUT2D eigenvalue weighted by atomic mass is 15.1. The maximum Gasteiger partial charge on any atom is 0.169 e. The molecule has 0 aliphatic heterocycles. The van der Waals surface area contributed by atoms with Crippen molar-refractivity contribution in [3.05, 3.63) is 54.4 Å². The molecule has 0 unspecified atom stereocenters. The monoisotopic (exact) mass is 350 g/mol. The van der Waals surface area contributed by atoms with E-state index >= 15 is 0 Å². The molecular weight excluding hydrogens is 328 g/mol. The molecule has 26 heavy (non-hydrogen) atoms. The summed E-state index contributed by atoms with van der Waals surface area (Å²) in [7, 11) is 0. The molecule has 0 saturated heterocycles. The summed E-state index contributed by atoms with van der Waals surface area (Å²) in [5.41, 5.74) is 9.15. The van der Waals surface area contributed by atoms with Crippen LogP contribution >= 0.6 is 0 Å². The fourth-order valence-electron chi connectivity index (χ4n) is 2.44. The highest BCUT2D eigenvalue weighted by molar-refractivity contribution is 6.07. The number of hydrogen-bond acceptors (Lipinski definition) is 7. The van der Waals surface area contributed by atoms with Crippen LogP contribution in [-0.2, 0) is 6.54 Å². The van der Waals surface area contributed by atoms with E-state index in [0.29, 0.717) is 29.4 Å². The number of nitrogens with zero attached hydrogens (tertiary/aromatic N) is 4. The van der Waals surface area contributed by atoms with Crippen LogP contribution in [0.4, 0.5) is 11.6 Å². The Bertz CT molecular complexity index is 928. The Morgan fingerprint density at radius 2 is 2.23 bits per heavy atom. The third-order valence-corrected chi connectivity index (χ3v) is 3.81. The van der Waals surface area contributed by atoms with Crippen LogP contribution < -0.4 is 16.4 Å². The lowest BCUT2D eigenvalue weighted by molar-refractivity contribution is 0.811. The minimum Gasteiger partial charge on any atom is -0.390 e. The van der Waals surface area contributed by atoms with E-state index in [0.717, 1.165) is 24.2 Å². The molecule has 0 atom stereocenters. The molecule has 134 valence electrons. The van der Waals surface area contributed by atoms with Crippen LogP contribution in [0.25, 0.3) is 11.2 Å². The number of anilines is 2. The molecule has 8 nitrogen and oxygen atoms in total. The van der Waals surface area contributed by atoms with Crippen LogP contribution in [0, 0.1) is 5.41 Å². The lowest BCUT2D eigenvalue weighted by Crippen LogP contribution is -2.10. The van der Waals surface area contributed by atoms with Gasteiger partial charge in [0, 0.05) is 49.7 Å². The topological polar surface area (TPSA) is 117 Å². The summed E-state index contributed by atoms with van der Waals surface area (Å²) in [6.07, 6.45) is 11.3. The molecule has 3 heterocycles. The van der Waals surface area contributed by atoms with Gasteiger partial charge < -0.3 is 26.2 Å². The van der Waals surface area contributed by atoms with Gasteiger partial charge in [0.1, 0.15) is 5.65 Å². The molecule has 5 N–H and O–H groups in total. The fourth-order valence-corrected chi connectivity index (χ4v) is 2.44. The molecule has 3 aromatic rings. The Balaban J connectivity index is 1.76. The lowest BCUT2D eigenvalue weighted by atomic mass is 10.2. The van der Waals surface area contributed by atoms with Crippen molar-refractivity contribution >= 4 is 29.1 Å². The van der Waals surface area contributed by atoms with Crippen LogP contribution in [0.2, 0.25) is 0 Å². The number of pyridine rings is 1. The van der Waals surface area contributed by atoms with E-state index in [1.807, 2.05) is 28.9 Å². The van der Waals surface area contributed by atoms with Gasteiger partial charge >= 0.3 is 0 Å². The van der Waals surface area contributed by atoms with Gasteiger partial charge in [0.05, 0.1) is 11.9 Å². The van der Waals surface area contributed by atoms with Crippen LogP contribution in [0.3, 0.4) is 0 Å². The molecule has 3 aromatic heterocycles. The quantitative estimate of drug-likeness (QED) is 0.366. The van der Waals surface area contributed by atoms with E-state index < -0.39 is 0 Å². The Kier molecular flexibility index (Phi) is 5.43. The number of fused-ring (bicyclic) bond motifs is 1. The van der Waals surface area contributed by atoms with Crippen molar-refractivity contribution in [1.29, 1.82) is 5.41 Å². The van der Waals surface area contributed by atoms with Crippen LogP contribution in [-0.4, -0.2) is 32.1 Å². The third-order valence-electron chi connectivity index (χ3n) is 3.81. The van der Waals surface area contributed by atoms with Crippen LogP contribution in [0.5, 0.6) is 0 Å². The van der Waals surface area contributed by atoms with Crippen molar-refractivity contribution in [3.63, 3.8) is 0 Å². The molecule has 0 aromatic carbocycles. The first-order valence-electron chi connectivity index (χ1n) is 8.43. The van der Waals surface area contributed by atoms with Gasteiger partial charge in [0.2, 0.25) is 0 Å². The number of nitrogens with two attached hydrogens (primary N) is 1. The normalized spacial score (nSPS) is 11.5. The highest BCUT2D eigenvalue weighted by Gasteiger charge is 2.08. The zero-order valence-corrected chi connectivity index (χ0v) is 14.6. The second-order valence-electron chi connectivity index (χ2n) is 5.77. The van der Waals surface area contributed by atoms with Crippen molar-refractivity contribution in [2.75, 3.05) is 17.6 Å². The summed E-state index contributed by atoms with van der Waals surface area (Å²) < 4.78 is 1.96. The zero-order valence-electron chi connectivity index (χ0n) is 14.6. The van der Waals surface area contributed by atoms with E-state index in [-0.39, 0.29) is 0 Å². The summed E-state index contributed by atoms with van der Waals surface area (Å²) in [4.78, 5) is 12.9. The average Bonchev–Trinajstić information content (AvgIpc) is 3.13. The summed E-state index contributed by atoms with van der Waals surface area (Å²) >= 11 is 0. The zero-order chi connectivity index (χ0) is 18.4. The number of allylic oxidation sites excluding steroid dienone is 1. The van der Waals surface area contributed by atoms with Gasteiger partial charge in [-0.15, -0.1) is 0 Å². The maximum absolute atomic E-state index is 7.59. The predicted molar refractivity (Wildman–Crippen MR) is 104 cm³/mol. The number of nitrogen functional groups attached to an aromatic ring is 1. The SMILES string of the molecule is CCCN/C=C(\C=N)c1cnc(N)c(NCc2ccc3nccn3c2)n1. The number of nitrogens with one attached hydrogen (secondary N) is 3. The molecule has 0 aliphatic rings. The Hall–Kier alpha value is -3.42. The number of imidazole rings is 1. The molecule has 0 radical (unpaired) electrons. The number of aromatic nitrogens is 4. The first kappa shape index (κ1) is 17.4. The van der Waals surface area contributed by atoms with Gasteiger partial charge in [0.15, 0.2) is 11.6 Å². The van der Waals surface area contributed by atoms with E-state index in [1.165, 1.54) is 6.21 Å². The van der Waals surface area contributed by atoms with Crippen molar-refractivity contribution in [1.82, 2.24) is 24.7 Å². The first-order chi connectivity index (χ1) is 12.7. The van der Waals surface area contributed by atoms with Crippen molar-refractivity contribution < 1.29 is 0 Å². The largest absolute Gasteiger partial charge is 0.390 e. The molecular formula is C18H22N8. The van der Waals surface area contributed by atoms with E-state index in [2.05, 4.69) is 32.5 Å². The summed E-state index contributed by atoms with van der Waals surface area (Å²) in [6, 6.07) is 3.96. The fraction of sp³-hybridized carbons (Fsp3) is 0.222. The molecule has 0 spiro atoms. The van der Waals surface area contributed by atoms with Gasteiger partial charge in [-0.05, 0) is 18.1 Å². The minimum absolute atomic E-state index is 0.323. The van der Waals surface area contributed by atoms with Crippen molar-refractivity contribution in [2.24, 2.45) is 0 Å². The van der Waals surface area contributed by atoms with Gasteiger partial charge in [-0.2, -0.15) is 0 Å². The molecule has 0 fully saturated rings. The van der Waals surface area contributed by atoms with Gasteiger partial charge in [0.25, 0.3) is 0 Å². The molecule has 0 aliphatic carbocycles.